The zero-order chi connectivity index (χ0) is 30.3. The van der Waals surface area contributed by atoms with Gasteiger partial charge in [0.15, 0.2) is 11.4 Å². The van der Waals surface area contributed by atoms with Crippen LogP contribution in [-0.2, 0) is 32.8 Å². The molecule has 2 unspecified atom stereocenters. The quantitative estimate of drug-likeness (QED) is 0.296. The van der Waals surface area contributed by atoms with Crippen molar-refractivity contribution in [3.05, 3.63) is 82.8 Å². The Hall–Kier alpha value is -3.86. The zero-order valence-electron chi connectivity index (χ0n) is 25.0. The number of carbonyl (C=O) groups excluding carboxylic acids is 1. The molecule has 2 fully saturated rings. The van der Waals surface area contributed by atoms with E-state index in [-0.39, 0.29) is 11.8 Å². The fraction of sp³-hybridized carbons (Fsp3) is 0.424. The second-order valence-corrected chi connectivity index (χ2v) is 12.2. The number of aromatic nitrogens is 4. The van der Waals surface area contributed by atoms with Gasteiger partial charge in [-0.15, -0.1) is 0 Å². The number of halogens is 1. The summed E-state index contributed by atoms with van der Waals surface area (Å²) in [6, 6.07) is 16.1. The van der Waals surface area contributed by atoms with Gasteiger partial charge in [-0.05, 0) is 35.6 Å². The van der Waals surface area contributed by atoms with Crippen LogP contribution in [-0.4, -0.2) is 83.0 Å². The van der Waals surface area contributed by atoms with Crippen LogP contribution in [0.2, 0.25) is 5.02 Å². The number of piperazine rings is 1. The summed E-state index contributed by atoms with van der Waals surface area (Å²) in [6.45, 7) is 3.07. The van der Waals surface area contributed by atoms with Crippen LogP contribution in [0.5, 0.6) is 0 Å². The number of nitrogens with zero attached hydrogens (tertiary/aromatic N) is 7. The molecular formula is C33H36ClN7O3. The van der Waals surface area contributed by atoms with Gasteiger partial charge in [0, 0.05) is 70.4 Å². The summed E-state index contributed by atoms with van der Waals surface area (Å²) >= 11 is 6.40. The first-order chi connectivity index (χ1) is 21.5. The monoisotopic (exact) mass is 613 g/mol. The molecule has 1 amide bonds. The maximum Gasteiger partial charge on any atom is 0.226 e. The highest BCUT2D eigenvalue weighted by molar-refractivity contribution is 6.31. The lowest BCUT2D eigenvalue weighted by molar-refractivity contribution is -0.272. The molecule has 2 atom stereocenters. The van der Waals surface area contributed by atoms with Crippen LogP contribution in [0.4, 0.5) is 5.82 Å². The Balaban J connectivity index is 1.06. The van der Waals surface area contributed by atoms with Crippen molar-refractivity contribution in [2.45, 2.75) is 43.6 Å². The van der Waals surface area contributed by atoms with Crippen LogP contribution in [0.1, 0.15) is 36.0 Å². The van der Waals surface area contributed by atoms with Crippen molar-refractivity contribution >= 4 is 40.6 Å². The predicted molar refractivity (Wildman–Crippen MR) is 169 cm³/mol. The maximum atomic E-state index is 14.0. The molecule has 228 valence electrons. The summed E-state index contributed by atoms with van der Waals surface area (Å²) < 4.78 is 14.2. The van der Waals surface area contributed by atoms with E-state index >= 15 is 0 Å². The van der Waals surface area contributed by atoms with Gasteiger partial charge < -0.3 is 19.3 Å². The molecule has 0 N–H and O–H groups in total. The van der Waals surface area contributed by atoms with Gasteiger partial charge in [0.25, 0.3) is 0 Å². The van der Waals surface area contributed by atoms with E-state index in [1.54, 1.807) is 20.5 Å². The second-order valence-electron chi connectivity index (χ2n) is 11.8. The number of aliphatic imine (C=N–C) groups is 1. The number of carbonyl (C=O) groups is 1. The van der Waals surface area contributed by atoms with Crippen LogP contribution < -0.4 is 4.90 Å². The van der Waals surface area contributed by atoms with Crippen molar-refractivity contribution in [3.63, 3.8) is 0 Å². The van der Waals surface area contributed by atoms with E-state index in [1.807, 2.05) is 52.3 Å². The molecule has 0 bridgehead atoms. The molecule has 4 aromatic rings. The van der Waals surface area contributed by atoms with Gasteiger partial charge in [-0.25, -0.2) is 14.6 Å². The third kappa shape index (κ3) is 4.67. The minimum atomic E-state index is -1.03. The first-order valence-electron chi connectivity index (χ1n) is 15.1. The van der Waals surface area contributed by atoms with Crippen molar-refractivity contribution in [2.24, 2.45) is 10.9 Å². The molecular weight excluding hydrogens is 578 g/mol. The molecule has 1 aliphatic carbocycles. The van der Waals surface area contributed by atoms with Gasteiger partial charge in [0.2, 0.25) is 5.91 Å². The van der Waals surface area contributed by atoms with Crippen molar-refractivity contribution in [3.8, 4) is 0 Å². The van der Waals surface area contributed by atoms with Gasteiger partial charge in [0.05, 0.1) is 18.1 Å². The standard InChI is InChI=1S/C33H36ClN7O3/c1-43-33(44-2)19-24(11-13-32(33)27-9-5-3-7-23(27)12-14-37-32)31(42)40-17-15-39(16-18-40)29-26-20-38-41(30(26)36-22-35-29)21-25-8-4-6-10-28(25)34/h3-10,14,20,22,24H,11-13,15-19,21H2,1-2H3. The largest absolute Gasteiger partial charge is 0.352 e. The Morgan fingerprint density at radius 1 is 1.02 bits per heavy atom. The number of amides is 1. The zero-order valence-corrected chi connectivity index (χ0v) is 25.8. The number of rotatable bonds is 6. The summed E-state index contributed by atoms with van der Waals surface area (Å²) in [4.78, 5) is 32.3. The summed E-state index contributed by atoms with van der Waals surface area (Å²) in [5, 5.41) is 6.18. The third-order valence-electron chi connectivity index (χ3n) is 9.68. The van der Waals surface area contributed by atoms with E-state index in [4.69, 9.17) is 26.1 Å². The summed E-state index contributed by atoms with van der Waals surface area (Å²) in [5.41, 5.74) is 3.43. The number of methoxy groups -OCH3 is 2. The normalized spacial score (nSPS) is 22.8. The number of hydrogen-bond acceptors (Lipinski definition) is 8. The predicted octanol–water partition coefficient (Wildman–Crippen LogP) is 4.49. The highest BCUT2D eigenvalue weighted by atomic mass is 35.5. The smallest absolute Gasteiger partial charge is 0.226 e. The molecule has 3 aliphatic rings. The molecule has 44 heavy (non-hydrogen) atoms. The number of ether oxygens (including phenoxy) is 2. The van der Waals surface area contributed by atoms with E-state index in [9.17, 15) is 4.79 Å². The van der Waals surface area contributed by atoms with Crippen molar-refractivity contribution in [1.82, 2.24) is 24.6 Å². The van der Waals surface area contributed by atoms with Crippen molar-refractivity contribution in [2.75, 3.05) is 45.3 Å². The molecule has 0 radical (unpaired) electrons. The number of fused-ring (bicyclic) bond motifs is 3. The van der Waals surface area contributed by atoms with Crippen LogP contribution in [0, 0.1) is 5.92 Å². The van der Waals surface area contributed by atoms with Gasteiger partial charge in [-0.3, -0.25) is 9.79 Å². The topological polar surface area (TPSA) is 98.0 Å². The van der Waals surface area contributed by atoms with Crippen molar-refractivity contribution < 1.29 is 14.3 Å². The van der Waals surface area contributed by atoms with Crippen LogP contribution in [0.3, 0.4) is 0 Å². The maximum absolute atomic E-state index is 14.0. The Morgan fingerprint density at radius 3 is 2.59 bits per heavy atom. The minimum absolute atomic E-state index is 0.145. The van der Waals surface area contributed by atoms with Gasteiger partial charge in [-0.2, -0.15) is 5.10 Å². The molecule has 2 aromatic heterocycles. The summed E-state index contributed by atoms with van der Waals surface area (Å²) in [6.07, 6.45) is 8.00. The fourth-order valence-corrected chi connectivity index (χ4v) is 7.57. The lowest BCUT2D eigenvalue weighted by atomic mass is 9.66. The molecule has 11 heteroatoms. The van der Waals surface area contributed by atoms with Gasteiger partial charge in [0.1, 0.15) is 17.7 Å². The average Bonchev–Trinajstić information content (AvgIpc) is 3.49. The summed E-state index contributed by atoms with van der Waals surface area (Å²) in [5.74, 6) is -0.271. The number of benzene rings is 2. The second kappa shape index (κ2) is 11.6. The van der Waals surface area contributed by atoms with Gasteiger partial charge >= 0.3 is 0 Å². The first-order valence-corrected chi connectivity index (χ1v) is 15.5. The Morgan fingerprint density at radius 2 is 1.80 bits per heavy atom. The van der Waals surface area contributed by atoms with Crippen molar-refractivity contribution in [1.29, 1.82) is 0 Å². The SMILES string of the molecule is COC1(OC)CC(C(=O)N2CCN(c3ncnc4c3cnn4Cc3ccccc3Cl)CC2)CCC12N=CCc1ccccc12. The lowest BCUT2D eigenvalue weighted by Gasteiger charge is -2.53. The third-order valence-corrected chi connectivity index (χ3v) is 10.0. The minimum Gasteiger partial charge on any atom is -0.352 e. The molecule has 4 heterocycles. The van der Waals surface area contributed by atoms with Crippen LogP contribution in [0.15, 0.2) is 66.0 Å². The van der Waals surface area contributed by atoms with Crippen LogP contribution >= 0.6 is 11.6 Å². The van der Waals surface area contributed by atoms with Crippen LogP contribution in [0.25, 0.3) is 11.0 Å². The average molecular weight is 614 g/mol. The van der Waals surface area contributed by atoms with E-state index in [2.05, 4.69) is 38.2 Å². The first kappa shape index (κ1) is 28.9. The Kier molecular flexibility index (Phi) is 7.60. The molecule has 2 aromatic carbocycles. The van der Waals surface area contributed by atoms with Gasteiger partial charge in [-0.1, -0.05) is 54.1 Å². The Labute approximate surface area is 261 Å². The van der Waals surface area contributed by atoms with E-state index in [0.717, 1.165) is 40.8 Å². The molecule has 1 spiro atoms. The lowest BCUT2D eigenvalue weighted by Crippen LogP contribution is -2.60. The highest BCUT2D eigenvalue weighted by Crippen LogP contribution is 2.53. The molecule has 7 rings (SSSR count). The molecule has 1 saturated carbocycles. The highest BCUT2D eigenvalue weighted by Gasteiger charge is 2.60. The van der Waals surface area contributed by atoms with E-state index in [0.29, 0.717) is 50.6 Å². The Bertz CT molecular complexity index is 1710. The number of anilines is 1. The molecule has 1 saturated heterocycles. The molecule has 10 nitrogen and oxygen atoms in total. The van der Waals surface area contributed by atoms with E-state index < -0.39 is 11.3 Å². The molecule has 2 aliphatic heterocycles. The fourth-order valence-electron chi connectivity index (χ4n) is 7.37. The summed E-state index contributed by atoms with van der Waals surface area (Å²) in [7, 11) is 3.34. The number of hydrogen-bond donors (Lipinski definition) is 0. The van der Waals surface area contributed by atoms with E-state index in [1.165, 1.54) is 5.56 Å².